The van der Waals surface area contributed by atoms with Crippen molar-refractivity contribution in [1.29, 1.82) is 0 Å². The number of phenols is 1. The van der Waals surface area contributed by atoms with Crippen LogP contribution in [0.3, 0.4) is 0 Å². The standard InChI is InChI=1S/C14H10F4O2/c15-11-3-1-2-4-13(11)20-8-9-5-6-12(19)10(7-9)14(16,17)18/h1-7,19H,8H2. The quantitative estimate of drug-likeness (QED) is 0.860. The predicted molar refractivity (Wildman–Crippen MR) is 63.8 cm³/mol. The highest BCUT2D eigenvalue weighted by Gasteiger charge is 2.34. The summed E-state index contributed by atoms with van der Waals surface area (Å²) in [6.07, 6.45) is -4.65. The Bertz CT molecular complexity index is 608. The fourth-order valence-electron chi connectivity index (χ4n) is 1.62. The van der Waals surface area contributed by atoms with Crippen LogP contribution in [0.15, 0.2) is 42.5 Å². The van der Waals surface area contributed by atoms with Crippen LogP contribution >= 0.6 is 0 Å². The smallest absolute Gasteiger partial charge is 0.419 e. The maximum atomic E-state index is 13.3. The fourth-order valence-corrected chi connectivity index (χ4v) is 1.62. The third-order valence-electron chi connectivity index (χ3n) is 2.60. The van der Waals surface area contributed by atoms with Crippen molar-refractivity contribution in [3.05, 3.63) is 59.4 Å². The lowest BCUT2D eigenvalue weighted by Gasteiger charge is -2.12. The van der Waals surface area contributed by atoms with Gasteiger partial charge in [0.15, 0.2) is 11.6 Å². The van der Waals surface area contributed by atoms with E-state index >= 15 is 0 Å². The van der Waals surface area contributed by atoms with E-state index in [1.54, 1.807) is 6.07 Å². The molecule has 0 fully saturated rings. The van der Waals surface area contributed by atoms with E-state index in [0.717, 1.165) is 12.1 Å². The molecule has 2 nitrogen and oxygen atoms in total. The molecule has 0 heterocycles. The molecule has 0 atom stereocenters. The number of rotatable bonds is 3. The van der Waals surface area contributed by atoms with Crippen LogP contribution < -0.4 is 4.74 Å². The molecule has 0 aliphatic rings. The summed E-state index contributed by atoms with van der Waals surface area (Å²) in [5.74, 6) is -1.50. The molecule has 0 amide bonds. The Balaban J connectivity index is 2.17. The van der Waals surface area contributed by atoms with Crippen LogP contribution in [-0.4, -0.2) is 5.11 Å². The zero-order chi connectivity index (χ0) is 14.8. The molecular formula is C14H10F4O2. The molecule has 0 radical (unpaired) electrons. The molecular weight excluding hydrogens is 276 g/mol. The van der Waals surface area contributed by atoms with Crippen molar-refractivity contribution >= 4 is 0 Å². The zero-order valence-electron chi connectivity index (χ0n) is 10.1. The number of para-hydroxylation sites is 1. The summed E-state index contributed by atoms with van der Waals surface area (Å²) in [7, 11) is 0. The SMILES string of the molecule is Oc1ccc(COc2ccccc2F)cc1C(F)(F)F. The maximum absolute atomic E-state index is 13.3. The first-order chi connectivity index (χ1) is 9.38. The third-order valence-corrected chi connectivity index (χ3v) is 2.60. The van der Waals surface area contributed by atoms with Gasteiger partial charge >= 0.3 is 6.18 Å². The number of hydrogen-bond donors (Lipinski definition) is 1. The van der Waals surface area contributed by atoms with Crippen molar-refractivity contribution in [1.82, 2.24) is 0 Å². The van der Waals surface area contributed by atoms with Crippen molar-refractivity contribution in [2.24, 2.45) is 0 Å². The van der Waals surface area contributed by atoms with Crippen LogP contribution in [0.25, 0.3) is 0 Å². The van der Waals surface area contributed by atoms with Gasteiger partial charge in [0.2, 0.25) is 0 Å². The molecule has 0 aliphatic carbocycles. The van der Waals surface area contributed by atoms with E-state index in [9.17, 15) is 22.7 Å². The van der Waals surface area contributed by atoms with Gasteiger partial charge in [0.1, 0.15) is 12.4 Å². The van der Waals surface area contributed by atoms with E-state index in [1.165, 1.54) is 24.3 Å². The Hall–Kier alpha value is -2.24. The summed E-state index contributed by atoms with van der Waals surface area (Å²) in [6.45, 7) is -0.232. The lowest BCUT2D eigenvalue weighted by Crippen LogP contribution is -2.07. The van der Waals surface area contributed by atoms with E-state index in [-0.39, 0.29) is 17.9 Å². The normalized spacial score (nSPS) is 11.4. The summed E-state index contributed by atoms with van der Waals surface area (Å²) in [6, 6.07) is 8.58. The van der Waals surface area contributed by atoms with Gasteiger partial charge in [-0.15, -0.1) is 0 Å². The van der Waals surface area contributed by atoms with Gasteiger partial charge < -0.3 is 9.84 Å². The maximum Gasteiger partial charge on any atom is 0.419 e. The van der Waals surface area contributed by atoms with Crippen molar-refractivity contribution in [2.75, 3.05) is 0 Å². The number of aromatic hydroxyl groups is 1. The summed E-state index contributed by atoms with van der Waals surface area (Å²) in [5, 5.41) is 9.18. The molecule has 0 aliphatic heterocycles. The number of halogens is 4. The number of phenolic OH excluding ortho intramolecular Hbond substituents is 1. The lowest BCUT2D eigenvalue weighted by molar-refractivity contribution is -0.138. The van der Waals surface area contributed by atoms with Crippen LogP contribution in [-0.2, 0) is 12.8 Å². The second-order valence-corrected chi connectivity index (χ2v) is 4.07. The summed E-state index contributed by atoms with van der Waals surface area (Å²) >= 11 is 0. The zero-order valence-corrected chi connectivity index (χ0v) is 10.1. The molecule has 2 rings (SSSR count). The van der Waals surface area contributed by atoms with Crippen LogP contribution in [0, 0.1) is 5.82 Å². The topological polar surface area (TPSA) is 29.5 Å². The van der Waals surface area contributed by atoms with E-state index in [2.05, 4.69) is 0 Å². The molecule has 2 aromatic carbocycles. The molecule has 6 heteroatoms. The monoisotopic (exact) mass is 286 g/mol. The molecule has 106 valence electrons. The first kappa shape index (κ1) is 14.2. The summed E-state index contributed by atoms with van der Waals surface area (Å²) in [4.78, 5) is 0. The van der Waals surface area contributed by atoms with Crippen LogP contribution in [0.2, 0.25) is 0 Å². The van der Waals surface area contributed by atoms with Crippen LogP contribution in [0.4, 0.5) is 17.6 Å². The average Bonchev–Trinajstić information content (AvgIpc) is 2.38. The molecule has 0 bridgehead atoms. The minimum absolute atomic E-state index is 0.0471. The van der Waals surface area contributed by atoms with Crippen molar-refractivity contribution in [2.45, 2.75) is 12.8 Å². The average molecular weight is 286 g/mol. The Morgan fingerprint density at radius 2 is 1.75 bits per heavy atom. The van der Waals surface area contributed by atoms with Crippen LogP contribution in [0.5, 0.6) is 11.5 Å². The largest absolute Gasteiger partial charge is 0.507 e. The molecule has 0 unspecified atom stereocenters. The molecule has 1 N–H and O–H groups in total. The van der Waals surface area contributed by atoms with E-state index in [0.29, 0.717) is 0 Å². The Kier molecular flexibility index (Phi) is 3.83. The fraction of sp³-hybridized carbons (Fsp3) is 0.143. The molecule has 0 saturated carbocycles. The highest BCUT2D eigenvalue weighted by Crippen LogP contribution is 2.36. The Morgan fingerprint density at radius 1 is 1.05 bits per heavy atom. The minimum atomic E-state index is -4.65. The highest BCUT2D eigenvalue weighted by atomic mass is 19.4. The highest BCUT2D eigenvalue weighted by molar-refractivity contribution is 5.38. The molecule has 0 spiro atoms. The number of ether oxygens (including phenoxy) is 1. The minimum Gasteiger partial charge on any atom is -0.507 e. The van der Waals surface area contributed by atoms with Gasteiger partial charge in [0, 0.05) is 0 Å². The van der Waals surface area contributed by atoms with E-state index in [1.807, 2.05) is 0 Å². The lowest BCUT2D eigenvalue weighted by atomic mass is 10.1. The number of benzene rings is 2. The molecule has 2 aromatic rings. The van der Waals surface area contributed by atoms with Gasteiger partial charge in [-0.05, 0) is 29.8 Å². The van der Waals surface area contributed by atoms with Crippen molar-refractivity contribution < 1.29 is 27.4 Å². The second kappa shape index (κ2) is 5.40. The van der Waals surface area contributed by atoms with Gasteiger partial charge in [0.25, 0.3) is 0 Å². The van der Waals surface area contributed by atoms with Gasteiger partial charge in [-0.2, -0.15) is 13.2 Å². The first-order valence-electron chi connectivity index (χ1n) is 5.64. The second-order valence-electron chi connectivity index (χ2n) is 4.07. The molecule has 0 aromatic heterocycles. The Morgan fingerprint density at radius 3 is 2.40 bits per heavy atom. The van der Waals surface area contributed by atoms with Crippen LogP contribution in [0.1, 0.15) is 11.1 Å². The van der Waals surface area contributed by atoms with Gasteiger partial charge in [-0.25, -0.2) is 4.39 Å². The first-order valence-corrected chi connectivity index (χ1v) is 5.64. The van der Waals surface area contributed by atoms with Crippen molar-refractivity contribution in [3.63, 3.8) is 0 Å². The van der Waals surface area contributed by atoms with Gasteiger partial charge in [0.05, 0.1) is 5.56 Å². The predicted octanol–water partition coefficient (Wildman–Crippen LogP) is 4.13. The Labute approximate surface area is 112 Å². The third kappa shape index (κ3) is 3.20. The summed E-state index contributed by atoms with van der Waals surface area (Å²) < 4.78 is 56.2. The van der Waals surface area contributed by atoms with Gasteiger partial charge in [-0.1, -0.05) is 18.2 Å². The van der Waals surface area contributed by atoms with Crippen molar-refractivity contribution in [3.8, 4) is 11.5 Å². The molecule has 0 saturated heterocycles. The van der Waals surface area contributed by atoms with E-state index in [4.69, 9.17) is 4.74 Å². The van der Waals surface area contributed by atoms with E-state index < -0.39 is 23.3 Å². The molecule has 20 heavy (non-hydrogen) atoms. The summed E-state index contributed by atoms with van der Waals surface area (Å²) in [5.41, 5.74) is -0.967. The number of alkyl halides is 3. The number of hydrogen-bond acceptors (Lipinski definition) is 2. The van der Waals surface area contributed by atoms with Gasteiger partial charge in [-0.3, -0.25) is 0 Å².